The lowest BCUT2D eigenvalue weighted by atomic mass is 10.1. The van der Waals surface area contributed by atoms with Crippen LogP contribution in [0.3, 0.4) is 0 Å². The number of unbranched alkanes of at least 4 members (excludes halogenated alkanes) is 1. The van der Waals surface area contributed by atoms with Crippen molar-refractivity contribution in [1.82, 2.24) is 25.7 Å². The van der Waals surface area contributed by atoms with Gasteiger partial charge in [0.2, 0.25) is 0 Å². The van der Waals surface area contributed by atoms with Crippen LogP contribution in [0.1, 0.15) is 34.6 Å². The van der Waals surface area contributed by atoms with Crippen molar-refractivity contribution in [2.45, 2.75) is 25.8 Å². The number of halogens is 1. The molecular weight excluding hydrogens is 388 g/mol. The molecule has 1 aromatic carbocycles. The molecule has 0 spiro atoms. The van der Waals surface area contributed by atoms with Crippen LogP contribution in [0.2, 0.25) is 0 Å². The molecule has 0 aliphatic carbocycles. The van der Waals surface area contributed by atoms with Crippen LogP contribution in [0.25, 0.3) is 0 Å². The molecule has 2 aliphatic heterocycles. The largest absolute Gasteiger partial charge is 0.369 e. The van der Waals surface area contributed by atoms with Crippen LogP contribution in [-0.2, 0) is 13.0 Å². The summed E-state index contributed by atoms with van der Waals surface area (Å²) in [5.74, 6) is -0.0577. The van der Waals surface area contributed by atoms with Crippen LogP contribution < -0.4 is 15.5 Å². The zero-order chi connectivity index (χ0) is 19.2. The minimum atomic E-state index is -0.0577. The minimum Gasteiger partial charge on any atom is -0.369 e. The number of H-pyrrole nitrogens is 1. The van der Waals surface area contributed by atoms with Gasteiger partial charge in [0, 0.05) is 69.2 Å². The van der Waals surface area contributed by atoms with E-state index < -0.39 is 0 Å². The summed E-state index contributed by atoms with van der Waals surface area (Å²) in [5.41, 5.74) is 4.00. The maximum Gasteiger partial charge on any atom is 0.272 e. The van der Waals surface area contributed by atoms with Crippen molar-refractivity contribution in [2.75, 3.05) is 50.7 Å². The summed E-state index contributed by atoms with van der Waals surface area (Å²) in [6.07, 6.45) is 3.01. The van der Waals surface area contributed by atoms with E-state index >= 15 is 0 Å². The summed E-state index contributed by atoms with van der Waals surface area (Å²) in [6.45, 7) is 7.84. The topological polar surface area (TPSA) is 76.3 Å². The summed E-state index contributed by atoms with van der Waals surface area (Å²) < 4.78 is 0. The van der Waals surface area contributed by atoms with E-state index in [1.807, 2.05) is 0 Å². The second kappa shape index (κ2) is 10.6. The fourth-order valence-electron chi connectivity index (χ4n) is 4.03. The average molecular weight is 419 g/mol. The molecule has 2 aliphatic rings. The monoisotopic (exact) mass is 418 g/mol. The highest BCUT2D eigenvalue weighted by atomic mass is 35.5. The van der Waals surface area contributed by atoms with Crippen molar-refractivity contribution in [1.29, 1.82) is 0 Å². The number of aromatic nitrogens is 2. The molecule has 2 aromatic rings. The van der Waals surface area contributed by atoms with Crippen LogP contribution in [-0.4, -0.2) is 66.8 Å². The van der Waals surface area contributed by atoms with Gasteiger partial charge in [-0.2, -0.15) is 5.10 Å². The molecule has 29 heavy (non-hydrogen) atoms. The van der Waals surface area contributed by atoms with Gasteiger partial charge in [0.25, 0.3) is 5.91 Å². The average Bonchev–Trinajstić information content (AvgIpc) is 3.19. The van der Waals surface area contributed by atoms with Gasteiger partial charge < -0.3 is 15.5 Å². The number of amides is 1. The summed E-state index contributed by atoms with van der Waals surface area (Å²) >= 11 is 0. The molecule has 4 rings (SSSR count). The van der Waals surface area contributed by atoms with Crippen molar-refractivity contribution >= 4 is 24.0 Å². The standard InChI is InChI=1S/C21H30N6O.ClH/c28-21(20-18-16-22-10-8-19(18)24-25-20)23-9-4-5-11-26-12-14-27(15-13-26)17-6-2-1-3-7-17;/h1-3,6-7,22H,4-5,8-16H2,(H,23,28)(H,24,25);1H. The second-order valence-electron chi connectivity index (χ2n) is 7.58. The number of anilines is 1. The predicted octanol–water partition coefficient (Wildman–Crippen LogP) is 1.81. The van der Waals surface area contributed by atoms with Gasteiger partial charge in [-0.1, -0.05) is 18.2 Å². The molecule has 1 aromatic heterocycles. The Labute approximate surface area is 178 Å². The molecule has 0 unspecified atom stereocenters. The van der Waals surface area contributed by atoms with Gasteiger partial charge >= 0.3 is 0 Å². The number of hydrogen-bond donors (Lipinski definition) is 3. The third-order valence-corrected chi connectivity index (χ3v) is 5.70. The lowest BCUT2D eigenvalue weighted by molar-refractivity contribution is 0.0946. The van der Waals surface area contributed by atoms with Gasteiger partial charge in [-0.05, 0) is 31.5 Å². The zero-order valence-electron chi connectivity index (χ0n) is 16.8. The molecule has 1 saturated heterocycles. The van der Waals surface area contributed by atoms with E-state index in [9.17, 15) is 4.79 Å². The molecule has 8 heteroatoms. The van der Waals surface area contributed by atoms with Gasteiger partial charge in [0.05, 0.1) is 0 Å². The number of carbonyl (C=O) groups excluding carboxylic acids is 1. The third kappa shape index (κ3) is 5.50. The Hall–Kier alpha value is -2.09. The lowest BCUT2D eigenvalue weighted by Gasteiger charge is -2.36. The van der Waals surface area contributed by atoms with E-state index in [1.54, 1.807) is 0 Å². The smallest absolute Gasteiger partial charge is 0.272 e. The molecule has 0 bridgehead atoms. The fraction of sp³-hybridized carbons (Fsp3) is 0.524. The number of hydrogen-bond acceptors (Lipinski definition) is 5. The molecule has 3 heterocycles. The summed E-state index contributed by atoms with van der Waals surface area (Å²) in [6, 6.07) is 10.6. The maximum absolute atomic E-state index is 12.4. The molecule has 3 N–H and O–H groups in total. The molecule has 158 valence electrons. The first-order valence-electron chi connectivity index (χ1n) is 10.4. The van der Waals surface area contributed by atoms with E-state index in [2.05, 4.69) is 61.0 Å². The number of nitrogens with one attached hydrogen (secondary N) is 3. The number of nitrogens with zero attached hydrogens (tertiary/aromatic N) is 3. The van der Waals surface area contributed by atoms with E-state index in [0.29, 0.717) is 12.2 Å². The normalized spacial score (nSPS) is 16.8. The van der Waals surface area contributed by atoms with E-state index in [0.717, 1.165) is 76.3 Å². The molecular formula is C21H31ClN6O. The Kier molecular flexibility index (Phi) is 7.91. The SMILES string of the molecule is Cl.O=C(NCCCCN1CCN(c2ccccc2)CC1)c1n[nH]c2c1CNCC2. The summed E-state index contributed by atoms with van der Waals surface area (Å²) in [5, 5.41) is 13.5. The van der Waals surface area contributed by atoms with Crippen LogP contribution in [0.5, 0.6) is 0 Å². The molecule has 0 radical (unpaired) electrons. The van der Waals surface area contributed by atoms with E-state index in [4.69, 9.17) is 0 Å². The van der Waals surface area contributed by atoms with Gasteiger partial charge in [0.15, 0.2) is 5.69 Å². The first-order chi connectivity index (χ1) is 13.8. The van der Waals surface area contributed by atoms with Crippen molar-refractivity contribution in [3.8, 4) is 0 Å². The number of fused-ring (bicyclic) bond motifs is 1. The zero-order valence-corrected chi connectivity index (χ0v) is 17.6. The lowest BCUT2D eigenvalue weighted by Crippen LogP contribution is -2.46. The number of aromatic amines is 1. The fourth-order valence-corrected chi connectivity index (χ4v) is 4.03. The van der Waals surface area contributed by atoms with Gasteiger partial charge in [0.1, 0.15) is 0 Å². The second-order valence-corrected chi connectivity index (χ2v) is 7.58. The van der Waals surface area contributed by atoms with Crippen molar-refractivity contribution in [3.63, 3.8) is 0 Å². The Morgan fingerprint density at radius 3 is 2.69 bits per heavy atom. The summed E-state index contributed by atoms with van der Waals surface area (Å²) in [4.78, 5) is 17.4. The van der Waals surface area contributed by atoms with Crippen LogP contribution in [0, 0.1) is 0 Å². The van der Waals surface area contributed by atoms with Gasteiger partial charge in [-0.25, -0.2) is 0 Å². The van der Waals surface area contributed by atoms with Crippen molar-refractivity contribution < 1.29 is 4.79 Å². The number of piperazine rings is 1. The number of benzene rings is 1. The Morgan fingerprint density at radius 1 is 1.10 bits per heavy atom. The third-order valence-electron chi connectivity index (χ3n) is 5.70. The van der Waals surface area contributed by atoms with Crippen molar-refractivity contribution in [3.05, 3.63) is 47.3 Å². The quantitative estimate of drug-likeness (QED) is 0.598. The van der Waals surface area contributed by atoms with E-state index in [-0.39, 0.29) is 18.3 Å². The van der Waals surface area contributed by atoms with Gasteiger partial charge in [-0.15, -0.1) is 12.4 Å². The van der Waals surface area contributed by atoms with Crippen molar-refractivity contribution in [2.24, 2.45) is 0 Å². The first kappa shape index (κ1) is 21.6. The molecule has 1 fully saturated rings. The molecule has 1 amide bonds. The number of para-hydroxylation sites is 1. The number of rotatable bonds is 7. The van der Waals surface area contributed by atoms with E-state index in [1.165, 1.54) is 5.69 Å². The maximum atomic E-state index is 12.4. The van der Waals surface area contributed by atoms with Gasteiger partial charge in [-0.3, -0.25) is 14.8 Å². The highest BCUT2D eigenvalue weighted by molar-refractivity contribution is 5.94. The van der Waals surface area contributed by atoms with Crippen LogP contribution in [0.4, 0.5) is 5.69 Å². The minimum absolute atomic E-state index is 0. The molecule has 0 saturated carbocycles. The van der Waals surface area contributed by atoms with Crippen LogP contribution >= 0.6 is 12.4 Å². The molecule has 7 nitrogen and oxygen atoms in total. The highest BCUT2D eigenvalue weighted by Crippen LogP contribution is 2.16. The predicted molar refractivity (Wildman–Crippen MR) is 118 cm³/mol. The Bertz CT molecular complexity index is 773. The Morgan fingerprint density at radius 2 is 1.90 bits per heavy atom. The summed E-state index contributed by atoms with van der Waals surface area (Å²) in [7, 11) is 0. The Balaban J connectivity index is 0.00000240. The first-order valence-corrected chi connectivity index (χ1v) is 10.4. The molecule has 0 atom stereocenters. The number of carbonyl (C=O) groups is 1. The highest BCUT2D eigenvalue weighted by Gasteiger charge is 2.21. The van der Waals surface area contributed by atoms with Crippen LogP contribution in [0.15, 0.2) is 30.3 Å².